The van der Waals surface area contributed by atoms with Gasteiger partial charge in [-0.15, -0.1) is 0 Å². The van der Waals surface area contributed by atoms with Gasteiger partial charge in [-0.1, -0.05) is 35.1 Å². The van der Waals surface area contributed by atoms with E-state index in [-0.39, 0.29) is 5.91 Å². The van der Waals surface area contributed by atoms with Crippen LogP contribution in [-0.2, 0) is 0 Å². The molecule has 0 bridgehead atoms. The van der Waals surface area contributed by atoms with Crippen LogP contribution in [0.1, 0.15) is 10.5 Å². The Bertz CT molecular complexity index is 1250. The Morgan fingerprint density at radius 2 is 1.83 bits per heavy atom. The Labute approximate surface area is 181 Å². The molecule has 0 aliphatic carbocycles. The van der Waals surface area contributed by atoms with Crippen LogP contribution in [0.4, 0.5) is 5.13 Å². The summed E-state index contributed by atoms with van der Waals surface area (Å²) in [7, 11) is 1.63. The third kappa shape index (κ3) is 3.32. The summed E-state index contributed by atoms with van der Waals surface area (Å²) in [4.78, 5) is 30.5. The largest absolute Gasteiger partial charge is 0.494 e. The van der Waals surface area contributed by atoms with Gasteiger partial charge in [0.1, 0.15) is 17.0 Å². The molecule has 152 valence electrons. The quantitative estimate of drug-likeness (QED) is 0.482. The van der Waals surface area contributed by atoms with Crippen molar-refractivity contribution in [2.45, 2.75) is 0 Å². The highest BCUT2D eigenvalue weighted by Gasteiger charge is 2.25. The number of methoxy groups -OCH3 is 1. The molecule has 2 aromatic heterocycles. The topological polar surface area (TPSA) is 71.5 Å². The molecular formula is C21H18ClN5O2S. The number of aromatic nitrogens is 3. The summed E-state index contributed by atoms with van der Waals surface area (Å²) in [5.74, 6) is 0.613. The summed E-state index contributed by atoms with van der Waals surface area (Å²) >= 11 is 7.89. The Morgan fingerprint density at radius 1 is 1.07 bits per heavy atom. The smallest absolute Gasteiger partial charge is 0.274 e. The summed E-state index contributed by atoms with van der Waals surface area (Å²) in [6.45, 7) is 2.56. The first-order chi connectivity index (χ1) is 14.6. The maximum Gasteiger partial charge on any atom is 0.274 e. The molecular weight excluding hydrogens is 422 g/mol. The second-order valence-corrected chi connectivity index (χ2v) is 8.33. The van der Waals surface area contributed by atoms with Gasteiger partial charge in [0.05, 0.1) is 34.1 Å². The normalized spacial score (nSPS) is 14.5. The molecule has 0 saturated carbocycles. The molecule has 0 spiro atoms. The van der Waals surface area contributed by atoms with Crippen LogP contribution in [0, 0.1) is 0 Å². The van der Waals surface area contributed by atoms with Crippen molar-refractivity contribution in [3.8, 4) is 5.75 Å². The highest BCUT2D eigenvalue weighted by Crippen LogP contribution is 2.38. The molecule has 30 heavy (non-hydrogen) atoms. The predicted octanol–water partition coefficient (Wildman–Crippen LogP) is 3.86. The lowest BCUT2D eigenvalue weighted by molar-refractivity contribution is 0.0741. The lowest BCUT2D eigenvalue weighted by atomic mass is 10.2. The standard InChI is InChI=1S/C21H18ClN5O2S/c1-29-17-7-6-13(22)19-18(17)25-21(30-19)27-10-8-26(9-11-27)20(28)16-12-23-14-4-2-3-5-15(14)24-16/h2-7,12H,8-11H2,1H3. The van der Waals surface area contributed by atoms with E-state index in [4.69, 9.17) is 21.3 Å². The van der Waals surface area contributed by atoms with Crippen molar-refractivity contribution in [3.05, 3.63) is 53.3 Å². The van der Waals surface area contributed by atoms with E-state index in [0.717, 1.165) is 26.4 Å². The van der Waals surface area contributed by atoms with Crippen molar-refractivity contribution in [2.75, 3.05) is 38.2 Å². The molecule has 0 radical (unpaired) electrons. The van der Waals surface area contributed by atoms with Gasteiger partial charge < -0.3 is 14.5 Å². The minimum absolute atomic E-state index is 0.0954. The molecule has 1 aliphatic heterocycles. The van der Waals surface area contributed by atoms with Crippen LogP contribution in [0.25, 0.3) is 21.3 Å². The summed E-state index contributed by atoms with van der Waals surface area (Å²) in [5, 5.41) is 1.55. The first kappa shape index (κ1) is 19.0. The van der Waals surface area contributed by atoms with Crippen LogP contribution in [0.15, 0.2) is 42.6 Å². The molecule has 1 saturated heterocycles. The third-order valence-electron chi connectivity index (χ3n) is 5.17. The SMILES string of the molecule is COc1ccc(Cl)c2sc(N3CCN(C(=O)c4cnc5ccccc5n4)CC3)nc12. The maximum atomic E-state index is 12.9. The van der Waals surface area contributed by atoms with Gasteiger partial charge in [0.25, 0.3) is 5.91 Å². The number of thiazole rings is 1. The Balaban J connectivity index is 1.33. The number of rotatable bonds is 3. The highest BCUT2D eigenvalue weighted by molar-refractivity contribution is 7.22. The Kier molecular flexibility index (Phi) is 4.88. The summed E-state index contributed by atoms with van der Waals surface area (Å²) in [5.41, 5.74) is 2.65. The number of nitrogens with zero attached hydrogens (tertiary/aromatic N) is 5. The van der Waals surface area contributed by atoms with E-state index in [1.165, 1.54) is 0 Å². The number of halogens is 1. The van der Waals surface area contributed by atoms with E-state index >= 15 is 0 Å². The second-order valence-electron chi connectivity index (χ2n) is 6.95. The van der Waals surface area contributed by atoms with Crippen LogP contribution < -0.4 is 9.64 Å². The van der Waals surface area contributed by atoms with Gasteiger partial charge in [0.15, 0.2) is 5.13 Å². The molecule has 1 fully saturated rings. The summed E-state index contributed by atoms with van der Waals surface area (Å²) < 4.78 is 6.33. The minimum Gasteiger partial charge on any atom is -0.494 e. The lowest BCUT2D eigenvalue weighted by Gasteiger charge is -2.34. The zero-order chi connectivity index (χ0) is 20.7. The van der Waals surface area contributed by atoms with Gasteiger partial charge in [0, 0.05) is 26.2 Å². The van der Waals surface area contributed by atoms with Gasteiger partial charge >= 0.3 is 0 Å². The van der Waals surface area contributed by atoms with E-state index < -0.39 is 0 Å². The highest BCUT2D eigenvalue weighted by atomic mass is 35.5. The molecule has 5 rings (SSSR count). The molecule has 0 unspecified atom stereocenters. The number of para-hydroxylation sites is 2. The number of hydrogen-bond donors (Lipinski definition) is 0. The van der Waals surface area contributed by atoms with E-state index in [2.05, 4.69) is 14.9 Å². The monoisotopic (exact) mass is 439 g/mol. The first-order valence-corrected chi connectivity index (χ1v) is 10.7. The molecule has 0 N–H and O–H groups in total. The fraction of sp³-hybridized carbons (Fsp3) is 0.238. The van der Waals surface area contributed by atoms with Crippen molar-refractivity contribution in [3.63, 3.8) is 0 Å². The Hall–Kier alpha value is -2.97. The molecule has 1 aliphatic rings. The number of amides is 1. The average Bonchev–Trinajstić information content (AvgIpc) is 3.25. The lowest BCUT2D eigenvalue weighted by Crippen LogP contribution is -2.49. The predicted molar refractivity (Wildman–Crippen MR) is 119 cm³/mol. The number of carbonyl (C=O) groups is 1. The third-order valence-corrected chi connectivity index (χ3v) is 6.75. The number of benzene rings is 2. The molecule has 2 aromatic carbocycles. The van der Waals surface area contributed by atoms with Crippen molar-refractivity contribution in [1.82, 2.24) is 19.9 Å². The van der Waals surface area contributed by atoms with Gasteiger partial charge in [-0.3, -0.25) is 9.78 Å². The van der Waals surface area contributed by atoms with E-state index in [1.807, 2.05) is 41.3 Å². The van der Waals surface area contributed by atoms with Gasteiger partial charge in [-0.2, -0.15) is 0 Å². The number of carbonyl (C=O) groups excluding carboxylic acids is 1. The average molecular weight is 440 g/mol. The number of piperazine rings is 1. The molecule has 0 atom stereocenters. The van der Waals surface area contributed by atoms with E-state index in [9.17, 15) is 4.79 Å². The first-order valence-electron chi connectivity index (χ1n) is 9.53. The fourth-order valence-corrected chi connectivity index (χ4v) is 4.87. The van der Waals surface area contributed by atoms with Crippen LogP contribution >= 0.6 is 22.9 Å². The minimum atomic E-state index is -0.0954. The molecule has 4 aromatic rings. The van der Waals surface area contributed by atoms with Crippen molar-refractivity contribution in [1.29, 1.82) is 0 Å². The van der Waals surface area contributed by atoms with Crippen molar-refractivity contribution < 1.29 is 9.53 Å². The van der Waals surface area contributed by atoms with E-state index in [0.29, 0.717) is 42.6 Å². The number of fused-ring (bicyclic) bond motifs is 2. The summed E-state index contributed by atoms with van der Waals surface area (Å²) in [6.07, 6.45) is 1.55. The molecule has 7 nitrogen and oxygen atoms in total. The maximum absolute atomic E-state index is 12.9. The van der Waals surface area contributed by atoms with Crippen LogP contribution in [0.2, 0.25) is 5.02 Å². The zero-order valence-electron chi connectivity index (χ0n) is 16.2. The second kappa shape index (κ2) is 7.70. The van der Waals surface area contributed by atoms with Gasteiger partial charge in [-0.25, -0.2) is 9.97 Å². The van der Waals surface area contributed by atoms with Crippen molar-refractivity contribution >= 4 is 55.2 Å². The van der Waals surface area contributed by atoms with Gasteiger partial charge in [-0.05, 0) is 24.3 Å². The molecule has 9 heteroatoms. The van der Waals surface area contributed by atoms with Crippen LogP contribution in [0.3, 0.4) is 0 Å². The van der Waals surface area contributed by atoms with Crippen LogP contribution in [-0.4, -0.2) is 59.0 Å². The molecule has 3 heterocycles. The van der Waals surface area contributed by atoms with Crippen LogP contribution in [0.5, 0.6) is 5.75 Å². The Morgan fingerprint density at radius 3 is 2.60 bits per heavy atom. The van der Waals surface area contributed by atoms with E-state index in [1.54, 1.807) is 24.6 Å². The number of hydrogen-bond acceptors (Lipinski definition) is 7. The fourth-order valence-electron chi connectivity index (χ4n) is 3.56. The number of ether oxygens (including phenoxy) is 1. The number of anilines is 1. The summed E-state index contributed by atoms with van der Waals surface area (Å²) in [6, 6.07) is 11.2. The van der Waals surface area contributed by atoms with Crippen molar-refractivity contribution in [2.24, 2.45) is 0 Å². The van der Waals surface area contributed by atoms with Gasteiger partial charge in [0.2, 0.25) is 0 Å². The molecule has 1 amide bonds. The zero-order valence-corrected chi connectivity index (χ0v) is 17.8.